The number of benzene rings is 2. The Balaban J connectivity index is 1.47. The van der Waals surface area contributed by atoms with Gasteiger partial charge in [-0.05, 0) is 29.8 Å². The van der Waals surface area contributed by atoms with E-state index in [1.807, 2.05) is 42.5 Å². The highest BCUT2D eigenvalue weighted by atomic mass is 35.5. The van der Waals surface area contributed by atoms with Gasteiger partial charge in [0.1, 0.15) is 29.5 Å². The molecule has 0 unspecified atom stereocenters. The monoisotopic (exact) mass is 397 g/mol. The van der Waals surface area contributed by atoms with E-state index >= 15 is 0 Å². The largest absolute Gasteiger partial charge is 0.495 e. The Morgan fingerprint density at radius 3 is 2.71 bits per heavy atom. The van der Waals surface area contributed by atoms with Gasteiger partial charge in [-0.3, -0.25) is 9.48 Å². The van der Waals surface area contributed by atoms with Crippen molar-refractivity contribution in [3.05, 3.63) is 76.6 Å². The topological polar surface area (TPSA) is 56.6 Å². The summed E-state index contributed by atoms with van der Waals surface area (Å²) in [7, 11) is 1.58. The SMILES string of the molecule is COc1cccc(CN2CCn3nc(COc4ccccc4)cc3C2=O)c1Cl. The van der Waals surface area contributed by atoms with Crippen LogP contribution in [0.5, 0.6) is 11.5 Å². The van der Waals surface area contributed by atoms with E-state index in [1.54, 1.807) is 28.8 Å². The normalized spacial score (nSPS) is 13.4. The van der Waals surface area contributed by atoms with Gasteiger partial charge in [-0.15, -0.1) is 0 Å². The standard InChI is InChI=1S/C21H20ClN3O3/c1-27-19-9-5-6-15(20(19)22)13-24-10-11-25-18(21(24)26)12-16(23-25)14-28-17-7-3-2-4-8-17/h2-9,12H,10-11,13-14H2,1H3. The molecule has 0 aliphatic carbocycles. The molecule has 4 rings (SSSR count). The fraction of sp³-hybridized carbons (Fsp3) is 0.238. The molecule has 2 aromatic carbocycles. The van der Waals surface area contributed by atoms with Crippen LogP contribution in [0, 0.1) is 0 Å². The number of halogens is 1. The Morgan fingerprint density at radius 1 is 1.11 bits per heavy atom. The first kappa shape index (κ1) is 18.4. The van der Waals surface area contributed by atoms with Gasteiger partial charge in [-0.2, -0.15) is 5.10 Å². The van der Waals surface area contributed by atoms with Crippen molar-refractivity contribution in [2.45, 2.75) is 19.7 Å². The molecular formula is C21H20ClN3O3. The van der Waals surface area contributed by atoms with Crippen LogP contribution in [0.1, 0.15) is 21.7 Å². The number of fused-ring (bicyclic) bond motifs is 1. The molecular weight excluding hydrogens is 378 g/mol. The van der Waals surface area contributed by atoms with Crippen molar-refractivity contribution in [2.24, 2.45) is 0 Å². The van der Waals surface area contributed by atoms with Crippen LogP contribution in [-0.2, 0) is 19.7 Å². The van der Waals surface area contributed by atoms with Gasteiger partial charge in [-0.1, -0.05) is 41.9 Å². The Bertz CT molecular complexity index is 988. The van der Waals surface area contributed by atoms with Gasteiger partial charge in [0.25, 0.3) is 5.91 Å². The number of carbonyl (C=O) groups excluding carboxylic acids is 1. The summed E-state index contributed by atoms with van der Waals surface area (Å²) in [4.78, 5) is 14.7. The molecule has 144 valence electrons. The summed E-state index contributed by atoms with van der Waals surface area (Å²) in [5.41, 5.74) is 2.15. The van der Waals surface area contributed by atoms with E-state index in [2.05, 4.69) is 5.10 Å². The minimum atomic E-state index is -0.0661. The number of nitrogens with zero attached hydrogens (tertiary/aromatic N) is 3. The van der Waals surface area contributed by atoms with Crippen LogP contribution in [0.2, 0.25) is 5.02 Å². The summed E-state index contributed by atoms with van der Waals surface area (Å²) in [6.45, 7) is 1.95. The second kappa shape index (κ2) is 7.94. The highest BCUT2D eigenvalue weighted by Crippen LogP contribution is 2.29. The smallest absolute Gasteiger partial charge is 0.272 e. The van der Waals surface area contributed by atoms with Crippen LogP contribution in [0.15, 0.2) is 54.6 Å². The maximum Gasteiger partial charge on any atom is 0.272 e. The first-order chi connectivity index (χ1) is 13.7. The third kappa shape index (κ3) is 3.68. The maximum atomic E-state index is 12.9. The number of hydrogen-bond acceptors (Lipinski definition) is 4. The summed E-state index contributed by atoms with van der Waals surface area (Å²) in [5.74, 6) is 1.31. The molecule has 0 saturated heterocycles. The van der Waals surface area contributed by atoms with E-state index in [1.165, 1.54) is 0 Å². The number of ether oxygens (including phenoxy) is 2. The Labute approximate surface area is 168 Å². The summed E-state index contributed by atoms with van der Waals surface area (Å²) >= 11 is 6.38. The van der Waals surface area contributed by atoms with E-state index in [0.717, 1.165) is 17.0 Å². The molecule has 1 aliphatic rings. The van der Waals surface area contributed by atoms with Crippen LogP contribution in [0.4, 0.5) is 0 Å². The zero-order valence-corrected chi connectivity index (χ0v) is 16.2. The number of methoxy groups -OCH3 is 1. The van der Waals surface area contributed by atoms with Crippen molar-refractivity contribution >= 4 is 17.5 Å². The molecule has 28 heavy (non-hydrogen) atoms. The van der Waals surface area contributed by atoms with Crippen molar-refractivity contribution in [1.82, 2.24) is 14.7 Å². The lowest BCUT2D eigenvalue weighted by Crippen LogP contribution is -2.39. The summed E-state index contributed by atoms with van der Waals surface area (Å²) in [6, 6.07) is 16.9. The molecule has 0 radical (unpaired) electrons. The molecule has 0 atom stereocenters. The van der Waals surface area contributed by atoms with Crippen LogP contribution in [0.3, 0.4) is 0 Å². The van der Waals surface area contributed by atoms with Gasteiger partial charge in [0.15, 0.2) is 0 Å². The molecule has 0 N–H and O–H groups in total. The zero-order valence-electron chi connectivity index (χ0n) is 15.5. The van der Waals surface area contributed by atoms with Gasteiger partial charge in [-0.25, -0.2) is 0 Å². The molecule has 1 amide bonds. The first-order valence-electron chi connectivity index (χ1n) is 9.01. The molecule has 0 saturated carbocycles. The number of carbonyl (C=O) groups is 1. The minimum absolute atomic E-state index is 0.0661. The van der Waals surface area contributed by atoms with Crippen molar-refractivity contribution < 1.29 is 14.3 Å². The minimum Gasteiger partial charge on any atom is -0.495 e. The number of hydrogen-bond donors (Lipinski definition) is 0. The second-order valence-corrected chi connectivity index (χ2v) is 6.88. The molecule has 0 spiro atoms. The molecule has 0 fully saturated rings. The summed E-state index contributed by atoms with van der Waals surface area (Å²) in [5, 5.41) is 5.04. The lowest BCUT2D eigenvalue weighted by atomic mass is 10.1. The highest BCUT2D eigenvalue weighted by molar-refractivity contribution is 6.32. The van der Waals surface area contributed by atoms with E-state index in [-0.39, 0.29) is 5.91 Å². The van der Waals surface area contributed by atoms with Crippen molar-refractivity contribution in [1.29, 1.82) is 0 Å². The Morgan fingerprint density at radius 2 is 1.93 bits per heavy atom. The van der Waals surface area contributed by atoms with E-state index in [0.29, 0.717) is 42.7 Å². The van der Waals surface area contributed by atoms with Gasteiger partial charge in [0, 0.05) is 13.1 Å². The lowest BCUT2D eigenvalue weighted by Gasteiger charge is -2.28. The lowest BCUT2D eigenvalue weighted by molar-refractivity contribution is 0.0683. The predicted octanol–water partition coefficient (Wildman–Crippen LogP) is 3.78. The van der Waals surface area contributed by atoms with Gasteiger partial charge >= 0.3 is 0 Å². The van der Waals surface area contributed by atoms with E-state index < -0.39 is 0 Å². The van der Waals surface area contributed by atoms with E-state index in [4.69, 9.17) is 21.1 Å². The van der Waals surface area contributed by atoms with Crippen LogP contribution >= 0.6 is 11.6 Å². The van der Waals surface area contributed by atoms with Crippen molar-refractivity contribution in [2.75, 3.05) is 13.7 Å². The van der Waals surface area contributed by atoms with Crippen LogP contribution in [-0.4, -0.2) is 34.2 Å². The van der Waals surface area contributed by atoms with Gasteiger partial charge < -0.3 is 14.4 Å². The number of aromatic nitrogens is 2. The summed E-state index contributed by atoms with van der Waals surface area (Å²) < 4.78 is 12.7. The van der Waals surface area contributed by atoms with Crippen molar-refractivity contribution in [3.63, 3.8) is 0 Å². The molecule has 1 aliphatic heterocycles. The zero-order chi connectivity index (χ0) is 19.5. The van der Waals surface area contributed by atoms with Gasteiger partial charge in [0.2, 0.25) is 0 Å². The molecule has 3 aromatic rings. The third-order valence-corrected chi connectivity index (χ3v) is 5.10. The highest BCUT2D eigenvalue weighted by Gasteiger charge is 2.27. The average Bonchev–Trinajstić information content (AvgIpc) is 3.15. The number of amides is 1. The Kier molecular flexibility index (Phi) is 5.21. The maximum absolute atomic E-state index is 12.9. The van der Waals surface area contributed by atoms with Crippen molar-refractivity contribution in [3.8, 4) is 11.5 Å². The molecule has 2 heterocycles. The quantitative estimate of drug-likeness (QED) is 0.635. The van der Waals surface area contributed by atoms with Gasteiger partial charge in [0.05, 0.1) is 18.7 Å². The average molecular weight is 398 g/mol. The van der Waals surface area contributed by atoms with Crippen LogP contribution in [0.25, 0.3) is 0 Å². The molecule has 0 bridgehead atoms. The van der Waals surface area contributed by atoms with Crippen LogP contribution < -0.4 is 9.47 Å². The number of para-hydroxylation sites is 1. The molecule has 6 nitrogen and oxygen atoms in total. The fourth-order valence-corrected chi connectivity index (χ4v) is 3.49. The molecule has 7 heteroatoms. The third-order valence-electron chi connectivity index (χ3n) is 4.67. The fourth-order valence-electron chi connectivity index (χ4n) is 3.23. The first-order valence-corrected chi connectivity index (χ1v) is 9.38. The summed E-state index contributed by atoms with van der Waals surface area (Å²) in [6.07, 6.45) is 0. The predicted molar refractivity (Wildman–Crippen MR) is 106 cm³/mol. The number of rotatable bonds is 6. The molecule has 1 aromatic heterocycles. The van der Waals surface area contributed by atoms with E-state index in [9.17, 15) is 4.79 Å². The second-order valence-electron chi connectivity index (χ2n) is 6.51. The Hall–Kier alpha value is -2.99.